The summed E-state index contributed by atoms with van der Waals surface area (Å²) in [7, 11) is 0. The lowest BCUT2D eigenvalue weighted by Gasteiger charge is -2.01. The monoisotopic (exact) mass is 439 g/mol. The van der Waals surface area contributed by atoms with Crippen LogP contribution in [-0.4, -0.2) is 37.8 Å². The third kappa shape index (κ3) is 7.36. The summed E-state index contributed by atoms with van der Waals surface area (Å²) in [5, 5.41) is 8.98. The molecule has 3 heterocycles. The highest BCUT2D eigenvalue weighted by Gasteiger charge is 2.17. The van der Waals surface area contributed by atoms with Gasteiger partial charge in [-0.15, -0.1) is 0 Å². The van der Waals surface area contributed by atoms with Gasteiger partial charge in [0, 0.05) is 45.1 Å². The van der Waals surface area contributed by atoms with Crippen LogP contribution in [0.25, 0.3) is 0 Å². The van der Waals surface area contributed by atoms with E-state index in [-0.39, 0.29) is 19.0 Å². The first-order valence-corrected chi connectivity index (χ1v) is 10.2. The number of imidazole rings is 1. The van der Waals surface area contributed by atoms with Crippen LogP contribution < -0.4 is 28.4 Å². The SMILES string of the molecule is Cc1ncc(C[n+]2csc(CCO)c2C)c(N)n1.Cc1nccn1CCCN.[Cl-]. The van der Waals surface area contributed by atoms with Gasteiger partial charge in [-0.05, 0) is 26.8 Å². The number of thiazole rings is 1. The van der Waals surface area contributed by atoms with Crippen LogP contribution >= 0.6 is 11.3 Å². The van der Waals surface area contributed by atoms with Crippen molar-refractivity contribution in [3.05, 3.63) is 51.9 Å². The maximum absolute atomic E-state index is 8.98. The van der Waals surface area contributed by atoms with E-state index >= 15 is 0 Å². The average Bonchev–Trinajstić information content (AvgIpc) is 3.23. The number of nitrogens with two attached hydrogens (primary N) is 2. The van der Waals surface area contributed by atoms with Gasteiger partial charge >= 0.3 is 0 Å². The fourth-order valence-corrected chi connectivity index (χ4v) is 3.65. The Labute approximate surface area is 182 Å². The lowest BCUT2D eigenvalue weighted by Crippen LogP contribution is -3.00. The molecule has 0 saturated heterocycles. The lowest BCUT2D eigenvalue weighted by molar-refractivity contribution is -0.689. The summed E-state index contributed by atoms with van der Waals surface area (Å²) in [6.07, 6.45) is 7.28. The summed E-state index contributed by atoms with van der Waals surface area (Å²) in [4.78, 5) is 13.6. The molecule has 0 radical (unpaired) electrons. The third-order valence-electron chi connectivity index (χ3n) is 4.38. The van der Waals surface area contributed by atoms with Gasteiger partial charge in [-0.1, -0.05) is 11.3 Å². The van der Waals surface area contributed by atoms with Crippen molar-refractivity contribution in [2.75, 3.05) is 18.9 Å². The van der Waals surface area contributed by atoms with Gasteiger partial charge in [0.25, 0.3) is 0 Å². The molecule has 3 aromatic rings. The van der Waals surface area contributed by atoms with E-state index in [1.165, 1.54) is 4.88 Å². The number of anilines is 1. The molecule has 29 heavy (non-hydrogen) atoms. The number of rotatable bonds is 7. The molecule has 0 unspecified atom stereocenters. The normalized spacial score (nSPS) is 10.2. The number of aromatic nitrogens is 5. The first kappa shape index (κ1) is 25.0. The second-order valence-corrected chi connectivity index (χ2v) is 7.41. The van der Waals surface area contributed by atoms with Gasteiger partial charge in [0.1, 0.15) is 17.5 Å². The lowest BCUT2D eigenvalue weighted by atomic mass is 10.2. The quantitative estimate of drug-likeness (QED) is 0.372. The van der Waals surface area contributed by atoms with Crippen LogP contribution in [0.15, 0.2) is 24.1 Å². The topological polar surface area (TPSA) is 120 Å². The van der Waals surface area contributed by atoms with Crippen molar-refractivity contribution in [2.24, 2.45) is 5.73 Å². The highest BCUT2D eigenvalue weighted by Crippen LogP contribution is 2.13. The molecule has 3 aromatic heterocycles. The summed E-state index contributed by atoms with van der Waals surface area (Å²) in [5.41, 5.74) is 15.4. The molecule has 160 valence electrons. The summed E-state index contributed by atoms with van der Waals surface area (Å²) < 4.78 is 4.22. The Kier molecular flexibility index (Phi) is 10.7. The molecule has 0 amide bonds. The van der Waals surface area contributed by atoms with Gasteiger partial charge in [-0.2, -0.15) is 4.57 Å². The zero-order chi connectivity index (χ0) is 20.5. The van der Waals surface area contributed by atoms with Crippen LogP contribution in [0.5, 0.6) is 0 Å². The molecule has 0 bridgehead atoms. The van der Waals surface area contributed by atoms with Crippen LogP contribution in [0, 0.1) is 20.8 Å². The van der Waals surface area contributed by atoms with Gasteiger partial charge in [-0.25, -0.2) is 15.0 Å². The predicted octanol–water partition coefficient (Wildman–Crippen LogP) is -1.85. The Balaban J connectivity index is 0.000000327. The molecule has 0 aliphatic heterocycles. The maximum atomic E-state index is 8.98. The third-order valence-corrected chi connectivity index (χ3v) is 5.53. The van der Waals surface area contributed by atoms with E-state index in [1.54, 1.807) is 17.5 Å². The summed E-state index contributed by atoms with van der Waals surface area (Å²) in [5.74, 6) is 2.28. The molecular formula is C19H30ClN7OS. The Morgan fingerprint density at radius 1 is 1.24 bits per heavy atom. The van der Waals surface area contributed by atoms with Crippen molar-refractivity contribution in [1.82, 2.24) is 19.5 Å². The van der Waals surface area contributed by atoms with Crippen molar-refractivity contribution in [3.8, 4) is 0 Å². The summed E-state index contributed by atoms with van der Waals surface area (Å²) >= 11 is 1.65. The van der Waals surface area contributed by atoms with Crippen LogP contribution in [0.4, 0.5) is 5.82 Å². The van der Waals surface area contributed by atoms with Gasteiger partial charge in [0.05, 0.1) is 10.4 Å². The van der Waals surface area contributed by atoms with Gasteiger partial charge < -0.3 is 33.5 Å². The Bertz CT molecular complexity index is 881. The summed E-state index contributed by atoms with van der Waals surface area (Å²) in [6, 6.07) is 0. The molecule has 8 nitrogen and oxygen atoms in total. The second-order valence-electron chi connectivity index (χ2n) is 6.47. The Morgan fingerprint density at radius 3 is 2.59 bits per heavy atom. The van der Waals surface area contributed by atoms with Crippen LogP contribution in [0.1, 0.15) is 34.2 Å². The smallest absolute Gasteiger partial charge is 0.225 e. The van der Waals surface area contributed by atoms with Gasteiger partial charge in [0.2, 0.25) is 5.51 Å². The van der Waals surface area contributed by atoms with E-state index in [4.69, 9.17) is 16.6 Å². The Hall–Kier alpha value is -2.07. The van der Waals surface area contributed by atoms with Crippen molar-refractivity contribution in [3.63, 3.8) is 0 Å². The minimum atomic E-state index is 0. The fraction of sp³-hybridized carbons (Fsp3) is 0.474. The van der Waals surface area contributed by atoms with E-state index in [1.807, 2.05) is 38.7 Å². The number of hydrogen-bond donors (Lipinski definition) is 3. The van der Waals surface area contributed by atoms with E-state index < -0.39 is 0 Å². The molecule has 5 N–H and O–H groups in total. The zero-order valence-electron chi connectivity index (χ0n) is 17.2. The van der Waals surface area contributed by atoms with Crippen molar-refractivity contribution in [2.45, 2.75) is 46.7 Å². The molecule has 0 atom stereocenters. The molecule has 0 aromatic carbocycles. The number of aryl methyl sites for hydroxylation is 3. The number of aliphatic hydroxyl groups excluding tert-OH is 1. The largest absolute Gasteiger partial charge is 1.00 e. The van der Waals surface area contributed by atoms with Crippen LogP contribution in [-0.2, 0) is 19.5 Å². The second kappa shape index (κ2) is 12.5. The van der Waals surface area contributed by atoms with Crippen LogP contribution in [0.2, 0.25) is 0 Å². The van der Waals surface area contributed by atoms with Gasteiger partial charge in [-0.3, -0.25) is 0 Å². The number of nitrogen functional groups attached to an aromatic ring is 1. The number of aliphatic hydroxyl groups is 1. The van der Waals surface area contributed by atoms with E-state index in [0.717, 1.165) is 36.6 Å². The first-order chi connectivity index (χ1) is 13.5. The molecular weight excluding hydrogens is 410 g/mol. The molecule has 0 fully saturated rings. The van der Waals surface area contributed by atoms with E-state index in [9.17, 15) is 0 Å². The van der Waals surface area contributed by atoms with Crippen molar-refractivity contribution < 1.29 is 22.1 Å². The molecule has 0 aliphatic carbocycles. The average molecular weight is 440 g/mol. The molecule has 0 aliphatic rings. The number of halogens is 1. The summed E-state index contributed by atoms with van der Waals surface area (Å²) in [6.45, 7) is 8.45. The highest BCUT2D eigenvalue weighted by molar-refractivity contribution is 7.09. The molecule has 3 rings (SSSR count). The number of hydrogen-bond acceptors (Lipinski definition) is 7. The highest BCUT2D eigenvalue weighted by atomic mass is 35.5. The number of nitrogens with zero attached hydrogens (tertiary/aromatic N) is 5. The molecule has 0 saturated carbocycles. The van der Waals surface area contributed by atoms with Gasteiger partial charge in [0.15, 0.2) is 12.2 Å². The molecule has 10 heteroatoms. The maximum Gasteiger partial charge on any atom is 0.225 e. The minimum Gasteiger partial charge on any atom is -1.00 e. The fourth-order valence-electron chi connectivity index (χ4n) is 2.67. The van der Waals surface area contributed by atoms with Crippen molar-refractivity contribution >= 4 is 17.2 Å². The van der Waals surface area contributed by atoms with E-state index in [2.05, 4.69) is 24.1 Å². The minimum absolute atomic E-state index is 0. The Morgan fingerprint density at radius 2 is 2.00 bits per heavy atom. The standard InChI is InChI=1S/C12H17N4OS.C7H13N3.ClH/c1-8-11(3-4-17)18-7-16(8)6-10-5-14-9(2)15-12(10)13;1-7-9-4-6-10(7)5-2-3-8;/h5,7,17H,3-4,6H2,1-2H3,(H2,13,14,15);4,6H,2-3,5,8H2,1H3;1H/q+1;;/p-1. The zero-order valence-corrected chi connectivity index (χ0v) is 18.7. The van der Waals surface area contributed by atoms with Crippen molar-refractivity contribution in [1.29, 1.82) is 0 Å². The molecule has 0 spiro atoms. The predicted molar refractivity (Wildman–Crippen MR) is 111 cm³/mol. The van der Waals surface area contributed by atoms with E-state index in [0.29, 0.717) is 24.6 Å². The van der Waals surface area contributed by atoms with Crippen LogP contribution in [0.3, 0.4) is 0 Å². The first-order valence-electron chi connectivity index (χ1n) is 9.29.